The molecule has 1 heterocycles. The molecular formula is C15H18BrN3. The van der Waals surface area contributed by atoms with Gasteiger partial charge in [-0.25, -0.2) is 4.68 Å². The van der Waals surface area contributed by atoms with Gasteiger partial charge in [0, 0.05) is 16.7 Å². The van der Waals surface area contributed by atoms with Gasteiger partial charge in [-0.15, -0.1) is 0 Å². The van der Waals surface area contributed by atoms with Gasteiger partial charge in [0.05, 0.1) is 11.9 Å². The Morgan fingerprint density at radius 2 is 2.16 bits per heavy atom. The van der Waals surface area contributed by atoms with Crippen LogP contribution in [0, 0.1) is 0 Å². The third kappa shape index (κ3) is 3.45. The molecule has 0 aliphatic heterocycles. The molecular weight excluding hydrogens is 302 g/mol. The van der Waals surface area contributed by atoms with Crippen LogP contribution >= 0.6 is 15.9 Å². The van der Waals surface area contributed by atoms with Crippen LogP contribution in [0.4, 0.5) is 0 Å². The predicted molar refractivity (Wildman–Crippen MR) is 80.6 cm³/mol. The topological polar surface area (TPSA) is 29.9 Å². The molecule has 0 unspecified atom stereocenters. The first kappa shape index (κ1) is 12.9. The summed E-state index contributed by atoms with van der Waals surface area (Å²) in [5.41, 5.74) is 2.39. The van der Waals surface area contributed by atoms with Gasteiger partial charge in [0.2, 0.25) is 0 Å². The summed E-state index contributed by atoms with van der Waals surface area (Å²) in [6.07, 6.45) is 9.08. The molecule has 19 heavy (non-hydrogen) atoms. The van der Waals surface area contributed by atoms with Crippen molar-refractivity contribution in [1.82, 2.24) is 15.1 Å². The summed E-state index contributed by atoms with van der Waals surface area (Å²) in [5, 5.41) is 7.98. The highest BCUT2D eigenvalue weighted by Gasteiger charge is 2.19. The smallest absolute Gasteiger partial charge is 0.0787 e. The number of aromatic nitrogens is 2. The lowest BCUT2D eigenvalue weighted by Gasteiger charge is -2.03. The van der Waals surface area contributed by atoms with Gasteiger partial charge in [-0.1, -0.05) is 12.1 Å². The SMILES string of the molecule is Brc1ccccc1-n1cc(CCCNC2CC2)cn1. The maximum absolute atomic E-state index is 4.44. The molecule has 1 N–H and O–H groups in total. The zero-order valence-electron chi connectivity index (χ0n) is 10.8. The van der Waals surface area contributed by atoms with Gasteiger partial charge < -0.3 is 5.32 Å². The molecule has 0 amide bonds. The van der Waals surface area contributed by atoms with Crippen LogP contribution in [0.2, 0.25) is 0 Å². The molecule has 100 valence electrons. The van der Waals surface area contributed by atoms with Crippen molar-refractivity contribution in [3.63, 3.8) is 0 Å². The van der Waals surface area contributed by atoms with Crippen molar-refractivity contribution < 1.29 is 0 Å². The van der Waals surface area contributed by atoms with Crippen LogP contribution in [0.3, 0.4) is 0 Å². The van der Waals surface area contributed by atoms with Gasteiger partial charge in [-0.3, -0.25) is 0 Å². The van der Waals surface area contributed by atoms with Gasteiger partial charge in [-0.05, 0) is 65.9 Å². The first-order valence-electron chi connectivity index (χ1n) is 6.85. The molecule has 3 nitrogen and oxygen atoms in total. The lowest BCUT2D eigenvalue weighted by Crippen LogP contribution is -2.17. The van der Waals surface area contributed by atoms with Crippen molar-refractivity contribution in [2.45, 2.75) is 31.7 Å². The monoisotopic (exact) mass is 319 g/mol. The van der Waals surface area contributed by atoms with E-state index < -0.39 is 0 Å². The summed E-state index contributed by atoms with van der Waals surface area (Å²) in [6, 6.07) is 8.96. The van der Waals surface area contributed by atoms with Crippen LogP contribution < -0.4 is 5.32 Å². The molecule has 1 aliphatic carbocycles. The van der Waals surface area contributed by atoms with E-state index in [4.69, 9.17) is 0 Å². The maximum Gasteiger partial charge on any atom is 0.0787 e. The van der Waals surface area contributed by atoms with Gasteiger partial charge in [0.25, 0.3) is 0 Å². The molecule has 0 saturated heterocycles. The van der Waals surface area contributed by atoms with Crippen LogP contribution in [-0.4, -0.2) is 22.4 Å². The molecule has 3 rings (SSSR count). The lowest BCUT2D eigenvalue weighted by atomic mass is 10.2. The van der Waals surface area contributed by atoms with Crippen LogP contribution in [0.1, 0.15) is 24.8 Å². The van der Waals surface area contributed by atoms with Gasteiger partial charge in [-0.2, -0.15) is 5.10 Å². The quantitative estimate of drug-likeness (QED) is 0.828. The molecule has 1 fully saturated rings. The number of para-hydroxylation sites is 1. The highest BCUT2D eigenvalue weighted by atomic mass is 79.9. The Labute approximate surface area is 122 Å². The lowest BCUT2D eigenvalue weighted by molar-refractivity contribution is 0.645. The third-order valence-electron chi connectivity index (χ3n) is 3.39. The maximum atomic E-state index is 4.44. The van der Waals surface area contributed by atoms with Crippen molar-refractivity contribution in [2.24, 2.45) is 0 Å². The summed E-state index contributed by atoms with van der Waals surface area (Å²) in [7, 11) is 0. The highest BCUT2D eigenvalue weighted by molar-refractivity contribution is 9.10. The second kappa shape index (κ2) is 5.88. The van der Waals surface area contributed by atoms with Crippen molar-refractivity contribution >= 4 is 15.9 Å². The summed E-state index contributed by atoms with van der Waals surface area (Å²) >= 11 is 3.56. The number of halogens is 1. The number of nitrogens with one attached hydrogen (secondary N) is 1. The molecule has 0 atom stereocenters. The molecule has 0 spiro atoms. The van der Waals surface area contributed by atoms with E-state index in [1.807, 2.05) is 29.1 Å². The fraction of sp³-hybridized carbons (Fsp3) is 0.400. The van der Waals surface area contributed by atoms with E-state index in [0.717, 1.165) is 29.2 Å². The Morgan fingerprint density at radius 1 is 1.32 bits per heavy atom. The molecule has 4 heteroatoms. The number of benzene rings is 1. The van der Waals surface area contributed by atoms with Crippen molar-refractivity contribution in [3.8, 4) is 5.69 Å². The number of aryl methyl sites for hydroxylation is 1. The highest BCUT2D eigenvalue weighted by Crippen LogP contribution is 2.20. The zero-order chi connectivity index (χ0) is 13.1. The summed E-state index contributed by atoms with van der Waals surface area (Å²) < 4.78 is 3.01. The second-order valence-electron chi connectivity index (χ2n) is 5.08. The molecule has 1 aromatic heterocycles. The van der Waals surface area contributed by atoms with Gasteiger partial charge >= 0.3 is 0 Å². The van der Waals surface area contributed by atoms with Crippen LogP contribution in [0.5, 0.6) is 0 Å². The Hall–Kier alpha value is -1.13. The first-order valence-corrected chi connectivity index (χ1v) is 7.64. The molecule has 1 aromatic carbocycles. The minimum absolute atomic E-state index is 0.808. The minimum Gasteiger partial charge on any atom is -0.314 e. The number of nitrogens with zero attached hydrogens (tertiary/aromatic N) is 2. The number of hydrogen-bond donors (Lipinski definition) is 1. The normalized spacial score (nSPS) is 14.8. The largest absolute Gasteiger partial charge is 0.314 e. The van der Waals surface area contributed by atoms with Crippen LogP contribution in [0.15, 0.2) is 41.1 Å². The van der Waals surface area contributed by atoms with Crippen LogP contribution in [0.25, 0.3) is 5.69 Å². The van der Waals surface area contributed by atoms with E-state index in [9.17, 15) is 0 Å². The molecule has 0 radical (unpaired) electrons. The molecule has 0 bridgehead atoms. The second-order valence-corrected chi connectivity index (χ2v) is 5.93. The van der Waals surface area contributed by atoms with Crippen molar-refractivity contribution in [3.05, 3.63) is 46.7 Å². The minimum atomic E-state index is 0.808. The predicted octanol–water partition coefficient (Wildman–Crippen LogP) is 3.32. The zero-order valence-corrected chi connectivity index (χ0v) is 12.4. The van der Waals surface area contributed by atoms with Gasteiger partial charge in [0.15, 0.2) is 0 Å². The summed E-state index contributed by atoms with van der Waals surface area (Å²) in [6.45, 7) is 1.12. The summed E-state index contributed by atoms with van der Waals surface area (Å²) in [4.78, 5) is 0. The molecule has 1 saturated carbocycles. The van der Waals surface area contributed by atoms with E-state index in [0.29, 0.717) is 0 Å². The van der Waals surface area contributed by atoms with E-state index in [-0.39, 0.29) is 0 Å². The van der Waals surface area contributed by atoms with E-state index in [2.05, 4.69) is 38.6 Å². The van der Waals surface area contributed by atoms with E-state index in [1.54, 1.807) is 0 Å². The molecule has 2 aromatic rings. The van der Waals surface area contributed by atoms with Crippen molar-refractivity contribution in [1.29, 1.82) is 0 Å². The first-order chi connectivity index (χ1) is 9.33. The molecule has 1 aliphatic rings. The van der Waals surface area contributed by atoms with Crippen LogP contribution in [-0.2, 0) is 6.42 Å². The Morgan fingerprint density at radius 3 is 2.95 bits per heavy atom. The summed E-state index contributed by atoms with van der Waals surface area (Å²) in [5.74, 6) is 0. The standard InChI is InChI=1S/C15H18BrN3/c16-14-5-1-2-6-15(14)19-11-12(10-18-19)4-3-9-17-13-7-8-13/h1-2,5-6,10-11,13,17H,3-4,7-9H2. The average molecular weight is 320 g/mol. The number of rotatable bonds is 6. The van der Waals surface area contributed by atoms with E-state index in [1.165, 1.54) is 24.8 Å². The fourth-order valence-electron chi connectivity index (χ4n) is 2.14. The Balaban J connectivity index is 1.57. The number of hydrogen-bond acceptors (Lipinski definition) is 2. The fourth-order valence-corrected chi connectivity index (χ4v) is 2.61. The Bertz CT molecular complexity index is 546. The third-order valence-corrected chi connectivity index (χ3v) is 4.06. The van der Waals surface area contributed by atoms with Gasteiger partial charge in [0.1, 0.15) is 0 Å². The van der Waals surface area contributed by atoms with Crippen molar-refractivity contribution in [2.75, 3.05) is 6.54 Å². The Kier molecular flexibility index (Phi) is 3.99. The average Bonchev–Trinajstić information content (AvgIpc) is 3.13. The van der Waals surface area contributed by atoms with E-state index >= 15 is 0 Å².